The van der Waals surface area contributed by atoms with Crippen LogP contribution in [0.4, 0.5) is 11.4 Å². The molecule has 0 spiro atoms. The van der Waals surface area contributed by atoms with Crippen molar-refractivity contribution in [1.29, 1.82) is 0 Å². The average Bonchev–Trinajstić information content (AvgIpc) is 3.20. The van der Waals surface area contributed by atoms with Crippen molar-refractivity contribution < 1.29 is 4.79 Å². The highest BCUT2D eigenvalue weighted by atomic mass is 16.2. The molecule has 31 heavy (non-hydrogen) atoms. The summed E-state index contributed by atoms with van der Waals surface area (Å²) in [6.45, 7) is 1.66. The molecule has 154 valence electrons. The van der Waals surface area contributed by atoms with Crippen LogP contribution < -0.4 is 15.8 Å². The molecule has 6 nitrogen and oxygen atoms in total. The maximum absolute atomic E-state index is 13.2. The molecule has 0 saturated carbocycles. The van der Waals surface area contributed by atoms with E-state index in [1.165, 1.54) is 15.9 Å². The Morgan fingerprint density at radius 1 is 0.968 bits per heavy atom. The summed E-state index contributed by atoms with van der Waals surface area (Å²) in [4.78, 5) is 27.9. The normalized spacial score (nSPS) is 12.7. The second kappa shape index (κ2) is 7.72. The van der Waals surface area contributed by atoms with Crippen LogP contribution in [0.3, 0.4) is 0 Å². The Morgan fingerprint density at radius 2 is 1.68 bits per heavy atom. The molecular weight excluding hydrogens is 388 g/mol. The van der Waals surface area contributed by atoms with Crippen LogP contribution in [0.1, 0.15) is 21.6 Å². The van der Waals surface area contributed by atoms with Crippen LogP contribution in [0.25, 0.3) is 10.8 Å². The smallest absolute Gasteiger partial charge is 0.276 e. The van der Waals surface area contributed by atoms with Gasteiger partial charge in [-0.1, -0.05) is 54.6 Å². The molecule has 0 aliphatic carbocycles. The van der Waals surface area contributed by atoms with E-state index in [1.54, 1.807) is 31.3 Å². The zero-order chi connectivity index (χ0) is 21.4. The summed E-state index contributed by atoms with van der Waals surface area (Å²) in [6.07, 6.45) is 1.03. The van der Waals surface area contributed by atoms with Gasteiger partial charge in [0, 0.05) is 36.9 Å². The lowest BCUT2D eigenvalue weighted by Gasteiger charge is -2.21. The Labute approximate surface area is 179 Å². The van der Waals surface area contributed by atoms with E-state index in [1.807, 2.05) is 24.3 Å². The minimum atomic E-state index is -0.332. The molecular formula is C25H22N4O2. The van der Waals surface area contributed by atoms with E-state index in [-0.39, 0.29) is 17.2 Å². The molecule has 6 heteroatoms. The van der Waals surface area contributed by atoms with Gasteiger partial charge in [-0.25, -0.2) is 4.68 Å². The van der Waals surface area contributed by atoms with Crippen molar-refractivity contribution in [3.05, 3.63) is 100.0 Å². The maximum Gasteiger partial charge on any atom is 0.276 e. The highest BCUT2D eigenvalue weighted by Crippen LogP contribution is 2.30. The van der Waals surface area contributed by atoms with Gasteiger partial charge in [0.15, 0.2) is 5.69 Å². The number of hydrogen-bond donors (Lipinski definition) is 1. The molecule has 0 fully saturated rings. The molecule has 0 bridgehead atoms. The number of amides is 1. The van der Waals surface area contributed by atoms with Crippen molar-refractivity contribution in [3.63, 3.8) is 0 Å². The van der Waals surface area contributed by atoms with E-state index in [0.29, 0.717) is 17.3 Å². The third kappa shape index (κ3) is 3.46. The van der Waals surface area contributed by atoms with Crippen LogP contribution in [0.15, 0.2) is 77.6 Å². The Hall–Kier alpha value is -3.93. The fraction of sp³-hybridized carbons (Fsp3) is 0.160. The van der Waals surface area contributed by atoms with E-state index < -0.39 is 0 Å². The van der Waals surface area contributed by atoms with Crippen LogP contribution in [-0.2, 0) is 20.0 Å². The van der Waals surface area contributed by atoms with E-state index >= 15 is 0 Å². The first-order chi connectivity index (χ1) is 15.1. The number of hydrogen-bond acceptors (Lipinski definition) is 4. The molecule has 1 aromatic heterocycles. The van der Waals surface area contributed by atoms with Crippen molar-refractivity contribution in [3.8, 4) is 0 Å². The summed E-state index contributed by atoms with van der Waals surface area (Å²) in [7, 11) is 1.56. The summed E-state index contributed by atoms with van der Waals surface area (Å²) in [5.74, 6) is -0.332. The lowest BCUT2D eigenvalue weighted by atomic mass is 10.1. The number of aromatic nitrogens is 2. The third-order valence-electron chi connectivity index (χ3n) is 5.78. The number of nitrogens with zero attached hydrogens (tertiary/aromatic N) is 3. The topological polar surface area (TPSA) is 67.2 Å². The van der Waals surface area contributed by atoms with E-state index in [9.17, 15) is 9.59 Å². The van der Waals surface area contributed by atoms with Gasteiger partial charge in [-0.05, 0) is 35.7 Å². The summed E-state index contributed by atoms with van der Waals surface area (Å²) in [5.41, 5.74) is 4.39. The van der Waals surface area contributed by atoms with E-state index in [4.69, 9.17) is 0 Å². The van der Waals surface area contributed by atoms with Gasteiger partial charge in [0.25, 0.3) is 11.5 Å². The molecule has 0 unspecified atom stereocenters. The van der Waals surface area contributed by atoms with E-state index in [2.05, 4.69) is 39.6 Å². The molecule has 0 saturated heterocycles. The Bertz CT molecular complexity index is 1360. The number of rotatable bonds is 4. The van der Waals surface area contributed by atoms with Gasteiger partial charge in [-0.3, -0.25) is 9.59 Å². The predicted octanol–water partition coefficient (Wildman–Crippen LogP) is 3.75. The predicted molar refractivity (Wildman–Crippen MR) is 123 cm³/mol. The number of carbonyl (C=O) groups excluding carboxylic acids is 1. The minimum Gasteiger partial charge on any atom is -0.367 e. The van der Waals surface area contributed by atoms with Gasteiger partial charge >= 0.3 is 0 Å². The largest absolute Gasteiger partial charge is 0.367 e. The van der Waals surface area contributed by atoms with Crippen molar-refractivity contribution in [1.82, 2.24) is 9.78 Å². The van der Waals surface area contributed by atoms with Crippen LogP contribution in [-0.4, -0.2) is 22.2 Å². The van der Waals surface area contributed by atoms with Crippen molar-refractivity contribution in [2.45, 2.75) is 13.0 Å². The number of nitrogens with one attached hydrogen (secondary N) is 1. The summed E-state index contributed by atoms with van der Waals surface area (Å²) in [5, 5.41) is 8.29. The summed E-state index contributed by atoms with van der Waals surface area (Å²) in [6, 6.07) is 23.3. The maximum atomic E-state index is 13.2. The molecule has 2 heterocycles. The van der Waals surface area contributed by atoms with Gasteiger partial charge < -0.3 is 10.2 Å². The lowest BCUT2D eigenvalue weighted by molar-refractivity contribution is 0.102. The first-order valence-corrected chi connectivity index (χ1v) is 10.3. The minimum absolute atomic E-state index is 0.222. The van der Waals surface area contributed by atoms with Crippen molar-refractivity contribution in [2.75, 3.05) is 16.8 Å². The van der Waals surface area contributed by atoms with Gasteiger partial charge in [0.1, 0.15) is 0 Å². The van der Waals surface area contributed by atoms with E-state index in [0.717, 1.165) is 24.2 Å². The first-order valence-electron chi connectivity index (χ1n) is 10.3. The first kappa shape index (κ1) is 19.1. The Kier molecular flexibility index (Phi) is 4.75. The molecule has 5 rings (SSSR count). The SMILES string of the molecule is Cn1nc(C(=O)Nc2ccccc2CN2CCc3ccccc32)c2ccccc2c1=O. The van der Waals surface area contributed by atoms with Gasteiger partial charge in [0.2, 0.25) is 0 Å². The van der Waals surface area contributed by atoms with Crippen LogP contribution in [0.2, 0.25) is 0 Å². The monoisotopic (exact) mass is 410 g/mol. The number of para-hydroxylation sites is 2. The fourth-order valence-electron chi connectivity index (χ4n) is 4.21. The van der Waals surface area contributed by atoms with Crippen LogP contribution in [0, 0.1) is 0 Å². The van der Waals surface area contributed by atoms with Gasteiger partial charge in [0.05, 0.1) is 5.39 Å². The quantitative estimate of drug-likeness (QED) is 0.556. The fourth-order valence-corrected chi connectivity index (χ4v) is 4.21. The van der Waals surface area contributed by atoms with Crippen LogP contribution in [0.5, 0.6) is 0 Å². The highest BCUT2D eigenvalue weighted by Gasteiger charge is 2.21. The second-order valence-corrected chi connectivity index (χ2v) is 7.73. The molecule has 4 aromatic rings. The average molecular weight is 410 g/mol. The Morgan fingerprint density at radius 3 is 2.55 bits per heavy atom. The molecule has 1 aliphatic rings. The number of fused-ring (bicyclic) bond motifs is 2. The van der Waals surface area contributed by atoms with Gasteiger partial charge in [-0.15, -0.1) is 0 Å². The standard InChI is InChI=1S/C25H22N4O2/c1-28-25(31)20-11-5-4-10-19(20)23(27-28)24(30)26-21-12-6-2-9-18(21)16-29-15-14-17-8-3-7-13-22(17)29/h2-13H,14-16H2,1H3,(H,26,30). The number of carbonyl (C=O) groups is 1. The van der Waals surface area contributed by atoms with Crippen LogP contribution >= 0.6 is 0 Å². The number of aryl methyl sites for hydroxylation is 1. The molecule has 1 aliphatic heterocycles. The molecule has 1 amide bonds. The van der Waals surface area contributed by atoms with Gasteiger partial charge in [-0.2, -0.15) is 5.10 Å². The zero-order valence-corrected chi connectivity index (χ0v) is 17.2. The zero-order valence-electron chi connectivity index (χ0n) is 17.2. The third-order valence-corrected chi connectivity index (χ3v) is 5.78. The highest BCUT2D eigenvalue weighted by molar-refractivity contribution is 6.11. The second-order valence-electron chi connectivity index (χ2n) is 7.73. The molecule has 0 atom stereocenters. The number of anilines is 2. The van der Waals surface area contributed by atoms with Crippen molar-refractivity contribution >= 4 is 28.1 Å². The summed E-state index contributed by atoms with van der Waals surface area (Å²) < 4.78 is 1.21. The Balaban J connectivity index is 1.46. The summed E-state index contributed by atoms with van der Waals surface area (Å²) >= 11 is 0. The molecule has 3 aromatic carbocycles. The molecule has 0 radical (unpaired) electrons. The molecule has 1 N–H and O–H groups in total. The lowest BCUT2D eigenvalue weighted by Crippen LogP contribution is -2.26. The van der Waals surface area contributed by atoms with Crippen molar-refractivity contribution in [2.24, 2.45) is 7.05 Å². The number of benzene rings is 3.